The van der Waals surface area contributed by atoms with E-state index in [4.69, 9.17) is 0 Å². The van der Waals surface area contributed by atoms with E-state index in [2.05, 4.69) is 12.2 Å². The van der Waals surface area contributed by atoms with Crippen LogP contribution in [0.4, 0.5) is 0 Å². The second-order valence-corrected chi connectivity index (χ2v) is 11.2. The SMILES string of the molecule is CC(C)S(C(C)C)=P([O-])([O-])[S-].[Na+].[Na+].[Na+]. The topological polar surface area (TPSA) is 46.1 Å². The van der Waals surface area contributed by atoms with Gasteiger partial charge in [0.25, 0.3) is 0 Å². The van der Waals surface area contributed by atoms with E-state index in [0.717, 1.165) is 0 Å². The summed E-state index contributed by atoms with van der Waals surface area (Å²) in [5.41, 5.74) is -3.53. The first-order valence-corrected chi connectivity index (χ1v) is 8.11. The minimum atomic E-state index is -3.53. The second-order valence-electron chi connectivity index (χ2n) is 2.89. The van der Waals surface area contributed by atoms with Crippen molar-refractivity contribution in [2.75, 3.05) is 0 Å². The number of rotatable bonds is 2. The molecule has 0 N–H and O–H groups in total. The van der Waals surface area contributed by atoms with Crippen molar-refractivity contribution < 1.29 is 98.5 Å². The summed E-state index contributed by atoms with van der Waals surface area (Å²) in [5, 5.41) is 0.298. The average Bonchev–Trinajstić information content (AvgIpc) is 1.54. The van der Waals surface area contributed by atoms with Gasteiger partial charge in [-0.1, -0.05) is 27.7 Å². The molecule has 0 aliphatic heterocycles. The summed E-state index contributed by atoms with van der Waals surface area (Å²) in [7, 11) is -0.630. The quantitative estimate of drug-likeness (QED) is 0.287. The van der Waals surface area contributed by atoms with Crippen molar-refractivity contribution in [1.82, 2.24) is 0 Å². The van der Waals surface area contributed by atoms with Crippen LogP contribution < -0.4 is 98.5 Å². The minimum Gasteiger partial charge on any atom is -0.854 e. The van der Waals surface area contributed by atoms with Gasteiger partial charge in [-0.25, -0.2) is 10.1 Å². The smallest absolute Gasteiger partial charge is 0.854 e. The molecule has 0 aromatic heterocycles. The molecule has 0 aliphatic carbocycles. The van der Waals surface area contributed by atoms with Crippen molar-refractivity contribution in [2.45, 2.75) is 38.2 Å². The van der Waals surface area contributed by atoms with Crippen molar-refractivity contribution in [3.8, 4) is 0 Å². The van der Waals surface area contributed by atoms with Crippen molar-refractivity contribution >= 4 is 28.0 Å². The Labute approximate surface area is 162 Å². The minimum absolute atomic E-state index is 0. The molecule has 0 saturated carbocycles. The molecular weight excluding hydrogens is 268 g/mol. The summed E-state index contributed by atoms with van der Waals surface area (Å²) in [6, 6.07) is 0. The Bertz CT molecular complexity index is 175. The molecule has 0 atom stereocenters. The van der Waals surface area contributed by atoms with Crippen molar-refractivity contribution in [1.29, 1.82) is 0 Å². The summed E-state index contributed by atoms with van der Waals surface area (Å²) in [4.78, 5) is 22.1. The van der Waals surface area contributed by atoms with Crippen molar-refractivity contribution in [3.63, 3.8) is 0 Å². The monoisotopic (exact) mass is 282 g/mol. The van der Waals surface area contributed by atoms with Gasteiger partial charge in [0.2, 0.25) is 0 Å². The maximum absolute atomic E-state index is 11.1. The molecule has 0 aromatic carbocycles. The van der Waals surface area contributed by atoms with Gasteiger partial charge in [-0.05, 0) is 10.5 Å². The van der Waals surface area contributed by atoms with Crippen LogP contribution in [0.1, 0.15) is 27.7 Å². The molecule has 0 unspecified atom stereocenters. The summed E-state index contributed by atoms with van der Waals surface area (Å²) >= 11 is 4.47. The Kier molecular flexibility index (Phi) is 23.0. The van der Waals surface area contributed by atoms with Crippen LogP contribution in [-0.2, 0) is 22.3 Å². The van der Waals surface area contributed by atoms with E-state index in [1.165, 1.54) is 0 Å². The third-order valence-electron chi connectivity index (χ3n) is 1.22. The van der Waals surface area contributed by atoms with Crippen LogP contribution in [-0.4, -0.2) is 10.5 Å². The van der Waals surface area contributed by atoms with Crippen LogP contribution in [0.25, 0.3) is 0 Å². The molecule has 0 aliphatic rings. The van der Waals surface area contributed by atoms with Crippen molar-refractivity contribution in [3.05, 3.63) is 0 Å². The Balaban J connectivity index is -0.000000167. The van der Waals surface area contributed by atoms with E-state index in [1.54, 1.807) is 0 Å². The molecule has 2 nitrogen and oxygen atoms in total. The number of hydrogen-bond donors (Lipinski definition) is 0. The fraction of sp³-hybridized carbons (Fsp3) is 1.00. The summed E-state index contributed by atoms with van der Waals surface area (Å²) in [6.07, 6.45) is 0. The first-order chi connectivity index (χ1) is 4.76. The summed E-state index contributed by atoms with van der Waals surface area (Å²) in [6.45, 7) is 7.61. The normalized spacial score (nSPS) is 10.7. The van der Waals surface area contributed by atoms with Crippen LogP contribution in [0.5, 0.6) is 0 Å². The van der Waals surface area contributed by atoms with Crippen LogP contribution in [0, 0.1) is 0 Å². The molecule has 0 spiro atoms. The van der Waals surface area contributed by atoms with E-state index in [9.17, 15) is 9.79 Å². The predicted octanol–water partition coefficient (Wildman–Crippen LogP) is -8.62. The molecule has 0 aromatic rings. The molecule has 70 valence electrons. The average molecular weight is 282 g/mol. The zero-order valence-corrected chi connectivity index (χ0v) is 18.8. The third-order valence-corrected chi connectivity index (χ3v) is 9.30. The molecule has 8 heteroatoms. The molecule has 0 heterocycles. The Hall–Kier alpha value is 4.05. The molecule has 0 saturated heterocycles. The van der Waals surface area contributed by atoms with E-state index in [0.29, 0.717) is 0 Å². The number of hydrogen-bond acceptors (Lipinski definition) is 3. The zero-order chi connectivity index (χ0) is 9.23. The van der Waals surface area contributed by atoms with E-state index >= 15 is 0 Å². The molecule has 0 bridgehead atoms. The molecule has 14 heavy (non-hydrogen) atoms. The van der Waals surface area contributed by atoms with Gasteiger partial charge in [0.1, 0.15) is 0 Å². The zero-order valence-electron chi connectivity index (χ0n) is 10.2. The van der Waals surface area contributed by atoms with Gasteiger partial charge >= 0.3 is 88.7 Å². The molecule has 0 radical (unpaired) electrons. The third kappa shape index (κ3) is 11.2. The molecule has 0 rings (SSSR count). The Morgan fingerprint density at radius 2 is 1.14 bits per heavy atom. The first kappa shape index (κ1) is 26.6. The molecule has 0 amide bonds. The maximum Gasteiger partial charge on any atom is 1.00 e. The van der Waals surface area contributed by atoms with Gasteiger partial charge in [0, 0.05) is 0 Å². The predicted molar refractivity (Wildman–Crippen MR) is 51.9 cm³/mol. The summed E-state index contributed by atoms with van der Waals surface area (Å²) < 4.78 is 0. The van der Waals surface area contributed by atoms with Crippen LogP contribution in [0.2, 0.25) is 0 Å². The standard InChI is InChI=1S/C6H14O2PS2.3Na/c1-5(2)11(6(3)4)9(7,8)10;;;/h5-6H,1-4H3;;;/q-3;3*+1. The largest absolute Gasteiger partial charge is 1.00 e. The van der Waals surface area contributed by atoms with Crippen LogP contribution >= 0.6 is 5.69 Å². The van der Waals surface area contributed by atoms with Gasteiger partial charge in [-0.15, -0.1) is 0 Å². The van der Waals surface area contributed by atoms with Gasteiger partial charge in [0.15, 0.2) is 0 Å². The van der Waals surface area contributed by atoms with Crippen LogP contribution in [0.3, 0.4) is 0 Å². The summed E-state index contributed by atoms with van der Waals surface area (Å²) in [5.74, 6) is 0. The van der Waals surface area contributed by atoms with E-state index in [1.807, 2.05) is 27.7 Å². The fourth-order valence-corrected chi connectivity index (χ4v) is 9.38. The van der Waals surface area contributed by atoms with Gasteiger partial charge in [0.05, 0.1) is 0 Å². The Morgan fingerprint density at radius 1 is 0.929 bits per heavy atom. The maximum atomic E-state index is 11.1. The van der Waals surface area contributed by atoms with Crippen LogP contribution in [0.15, 0.2) is 0 Å². The second kappa shape index (κ2) is 12.1. The fourth-order valence-electron chi connectivity index (χ4n) is 1.06. The van der Waals surface area contributed by atoms with Crippen molar-refractivity contribution in [2.24, 2.45) is 0 Å². The first-order valence-electron chi connectivity index (χ1n) is 3.51. The van der Waals surface area contributed by atoms with Gasteiger partial charge in [-0.2, -0.15) is 0 Å². The van der Waals surface area contributed by atoms with Gasteiger partial charge in [-0.3, -0.25) is 0 Å². The molecular formula is C6H14Na3O2PS2. The van der Waals surface area contributed by atoms with E-state index < -0.39 is 15.8 Å². The molecule has 0 fully saturated rings. The van der Waals surface area contributed by atoms with Gasteiger partial charge < -0.3 is 27.7 Å². The van der Waals surface area contributed by atoms with E-state index in [-0.39, 0.29) is 99.2 Å². The Morgan fingerprint density at radius 3 is 1.14 bits per heavy atom.